The lowest BCUT2D eigenvalue weighted by Crippen LogP contribution is -2.48. The molecule has 10 heteroatoms. The second-order valence-corrected chi connectivity index (χ2v) is 8.44. The molecule has 150 valence electrons. The molecule has 1 fully saturated rings. The lowest BCUT2D eigenvalue weighted by atomic mass is 10.1. The summed E-state index contributed by atoms with van der Waals surface area (Å²) in [4.78, 5) is 12.6. The smallest absolute Gasteiger partial charge is 0.387 e. The van der Waals surface area contributed by atoms with Gasteiger partial charge in [-0.3, -0.25) is 9.80 Å². The molecule has 1 aromatic carbocycles. The van der Waals surface area contributed by atoms with Crippen molar-refractivity contribution >= 4 is 21.8 Å². The number of halogens is 2. The quantitative estimate of drug-likeness (QED) is 0.510. The average Bonchev–Trinajstić information content (AvgIpc) is 2.92. The largest absolute Gasteiger partial charge is 0.493 e. The van der Waals surface area contributed by atoms with E-state index in [-0.39, 0.29) is 28.9 Å². The van der Waals surface area contributed by atoms with Crippen molar-refractivity contribution in [3.63, 3.8) is 0 Å². The standard InChI is InChI=1S/C17H22F2N2O5S/c1-20(2)21(13-8-9-27(23,24)11-13)16(22)7-5-12-4-6-14(26-17(18)19)15(10-12)25-3/h4-7,10,13,17H,8-9,11H2,1-3H3/b7-5+/t13-/m0/s1. The molecule has 0 bridgehead atoms. The summed E-state index contributed by atoms with van der Waals surface area (Å²) < 4.78 is 57.5. The van der Waals surface area contributed by atoms with E-state index in [4.69, 9.17) is 4.74 Å². The molecular formula is C17H22F2N2O5S. The number of carbonyl (C=O) groups is 1. The van der Waals surface area contributed by atoms with E-state index < -0.39 is 22.5 Å². The first-order valence-electron chi connectivity index (χ1n) is 8.14. The van der Waals surface area contributed by atoms with Crippen LogP contribution in [0.5, 0.6) is 11.5 Å². The zero-order valence-electron chi connectivity index (χ0n) is 15.3. The third-order valence-corrected chi connectivity index (χ3v) is 5.78. The van der Waals surface area contributed by atoms with Crippen LogP contribution in [-0.4, -0.2) is 69.7 Å². The van der Waals surface area contributed by atoms with Gasteiger partial charge in [-0.15, -0.1) is 0 Å². The highest BCUT2D eigenvalue weighted by Gasteiger charge is 2.35. The molecule has 0 aromatic heterocycles. The molecule has 0 spiro atoms. The van der Waals surface area contributed by atoms with Crippen molar-refractivity contribution < 1.29 is 31.5 Å². The summed E-state index contributed by atoms with van der Waals surface area (Å²) in [6.45, 7) is -2.97. The van der Waals surface area contributed by atoms with Crippen molar-refractivity contribution in [2.45, 2.75) is 19.1 Å². The molecule has 1 saturated heterocycles. The number of amides is 1. The second kappa shape index (κ2) is 8.66. The molecule has 1 aromatic rings. The number of hydrazine groups is 1. The highest BCUT2D eigenvalue weighted by molar-refractivity contribution is 7.91. The van der Waals surface area contributed by atoms with Crippen LogP contribution in [0.2, 0.25) is 0 Å². The molecule has 1 aliphatic rings. The van der Waals surface area contributed by atoms with Crippen molar-refractivity contribution in [2.24, 2.45) is 0 Å². The summed E-state index contributed by atoms with van der Waals surface area (Å²) >= 11 is 0. The lowest BCUT2D eigenvalue weighted by molar-refractivity contribution is -0.143. The van der Waals surface area contributed by atoms with Crippen LogP contribution < -0.4 is 9.47 Å². The molecule has 0 saturated carbocycles. The van der Waals surface area contributed by atoms with E-state index >= 15 is 0 Å². The number of hydrogen-bond acceptors (Lipinski definition) is 6. The molecule has 0 aliphatic carbocycles. The predicted molar refractivity (Wildman–Crippen MR) is 96.3 cm³/mol. The Hall–Kier alpha value is -2.20. The van der Waals surface area contributed by atoms with E-state index in [9.17, 15) is 22.0 Å². The Labute approximate surface area is 157 Å². The summed E-state index contributed by atoms with van der Waals surface area (Å²) in [7, 11) is 1.51. The van der Waals surface area contributed by atoms with Gasteiger partial charge in [0.2, 0.25) is 0 Å². The Balaban J connectivity index is 2.16. The lowest BCUT2D eigenvalue weighted by Gasteiger charge is -2.32. The molecule has 2 rings (SSSR count). The third-order valence-electron chi connectivity index (χ3n) is 4.03. The molecule has 1 atom stereocenters. The Morgan fingerprint density at radius 2 is 2.00 bits per heavy atom. The minimum Gasteiger partial charge on any atom is -0.493 e. The Kier molecular flexibility index (Phi) is 6.77. The van der Waals surface area contributed by atoms with Gasteiger partial charge >= 0.3 is 6.61 Å². The summed E-state index contributed by atoms with van der Waals surface area (Å²) in [5.41, 5.74) is 0.541. The molecule has 0 unspecified atom stereocenters. The van der Waals surface area contributed by atoms with Crippen molar-refractivity contribution in [3.8, 4) is 11.5 Å². The van der Waals surface area contributed by atoms with Gasteiger partial charge in [0.25, 0.3) is 5.91 Å². The highest BCUT2D eigenvalue weighted by Crippen LogP contribution is 2.30. The number of carbonyl (C=O) groups excluding carboxylic acids is 1. The zero-order valence-corrected chi connectivity index (χ0v) is 16.1. The van der Waals surface area contributed by atoms with Gasteiger partial charge in [0.15, 0.2) is 21.3 Å². The van der Waals surface area contributed by atoms with Crippen molar-refractivity contribution in [1.29, 1.82) is 0 Å². The SMILES string of the molecule is COc1cc(/C=C/C(=O)N([C@H]2CCS(=O)(=O)C2)N(C)C)ccc1OC(F)F. The summed E-state index contributed by atoms with van der Waals surface area (Å²) in [5.74, 6) is -0.396. The summed E-state index contributed by atoms with van der Waals surface area (Å²) in [6, 6.07) is 3.87. The normalized spacial score (nSPS) is 19.0. The fraction of sp³-hybridized carbons (Fsp3) is 0.471. The number of nitrogens with zero attached hydrogens (tertiary/aromatic N) is 2. The third kappa shape index (κ3) is 5.64. The van der Waals surface area contributed by atoms with E-state index in [0.717, 1.165) is 0 Å². The van der Waals surface area contributed by atoms with Gasteiger partial charge in [-0.1, -0.05) is 6.07 Å². The van der Waals surface area contributed by atoms with Crippen LogP contribution in [0.4, 0.5) is 8.78 Å². The molecule has 0 N–H and O–H groups in total. The number of rotatable bonds is 7. The van der Waals surface area contributed by atoms with Gasteiger partial charge in [0.1, 0.15) is 0 Å². The molecule has 0 radical (unpaired) electrons. The van der Waals surface area contributed by atoms with Crippen LogP contribution in [0.3, 0.4) is 0 Å². The van der Waals surface area contributed by atoms with E-state index in [1.54, 1.807) is 19.1 Å². The van der Waals surface area contributed by atoms with Gasteiger partial charge < -0.3 is 9.47 Å². The number of hydrogen-bond donors (Lipinski definition) is 0. The molecule has 1 amide bonds. The highest BCUT2D eigenvalue weighted by atomic mass is 32.2. The van der Waals surface area contributed by atoms with Crippen molar-refractivity contribution in [1.82, 2.24) is 10.0 Å². The van der Waals surface area contributed by atoms with Crippen LogP contribution in [-0.2, 0) is 14.6 Å². The van der Waals surface area contributed by atoms with Crippen LogP contribution >= 0.6 is 0 Å². The van der Waals surface area contributed by atoms with Gasteiger partial charge in [0.05, 0.1) is 24.7 Å². The second-order valence-electron chi connectivity index (χ2n) is 6.21. The van der Waals surface area contributed by atoms with E-state index in [0.29, 0.717) is 12.0 Å². The van der Waals surface area contributed by atoms with Gasteiger partial charge in [0, 0.05) is 20.2 Å². The van der Waals surface area contributed by atoms with Crippen LogP contribution in [0, 0.1) is 0 Å². The zero-order chi connectivity index (χ0) is 20.2. The number of methoxy groups -OCH3 is 1. The van der Waals surface area contributed by atoms with E-state index in [1.807, 2.05) is 0 Å². The number of benzene rings is 1. The van der Waals surface area contributed by atoms with Gasteiger partial charge in [-0.05, 0) is 30.2 Å². The number of ether oxygens (including phenoxy) is 2. The predicted octanol–water partition coefficient (Wildman–Crippen LogP) is 1.80. The van der Waals surface area contributed by atoms with E-state index in [1.165, 1.54) is 42.5 Å². The van der Waals surface area contributed by atoms with Crippen LogP contribution in [0.15, 0.2) is 24.3 Å². The molecule has 7 nitrogen and oxygen atoms in total. The maximum absolute atomic E-state index is 12.6. The Morgan fingerprint density at radius 3 is 2.52 bits per heavy atom. The maximum atomic E-state index is 12.6. The van der Waals surface area contributed by atoms with Crippen LogP contribution in [0.25, 0.3) is 6.08 Å². The summed E-state index contributed by atoms with van der Waals surface area (Å²) in [6.07, 6.45) is 3.18. The molecule has 27 heavy (non-hydrogen) atoms. The minimum absolute atomic E-state index is 0.0573. The first-order valence-corrected chi connectivity index (χ1v) is 9.97. The monoisotopic (exact) mass is 404 g/mol. The van der Waals surface area contributed by atoms with Crippen molar-refractivity contribution in [2.75, 3.05) is 32.7 Å². The maximum Gasteiger partial charge on any atom is 0.387 e. The molecule has 1 heterocycles. The van der Waals surface area contributed by atoms with Crippen molar-refractivity contribution in [3.05, 3.63) is 29.8 Å². The Bertz CT molecular complexity index is 812. The fourth-order valence-electron chi connectivity index (χ4n) is 2.90. The topological polar surface area (TPSA) is 76.2 Å². The fourth-order valence-corrected chi connectivity index (χ4v) is 4.59. The average molecular weight is 404 g/mol. The number of sulfone groups is 1. The van der Waals surface area contributed by atoms with Crippen LogP contribution in [0.1, 0.15) is 12.0 Å². The molecule has 1 aliphatic heterocycles. The Morgan fingerprint density at radius 1 is 1.30 bits per heavy atom. The first kappa shape index (κ1) is 21.1. The summed E-state index contributed by atoms with van der Waals surface area (Å²) in [5, 5.41) is 2.95. The van der Waals surface area contributed by atoms with Gasteiger partial charge in [-0.2, -0.15) is 8.78 Å². The minimum atomic E-state index is -3.13. The molecular weight excluding hydrogens is 382 g/mol. The number of alkyl halides is 2. The van der Waals surface area contributed by atoms with Gasteiger partial charge in [-0.25, -0.2) is 13.4 Å². The first-order chi connectivity index (χ1) is 12.6. The van der Waals surface area contributed by atoms with E-state index in [2.05, 4.69) is 4.74 Å².